The average molecular weight is 299 g/mol. The molecule has 0 saturated carbocycles. The monoisotopic (exact) mass is 299 g/mol. The normalized spacial score (nSPS) is 23.0. The van der Waals surface area contributed by atoms with E-state index in [1.54, 1.807) is 6.92 Å². The molecule has 1 heterocycles. The van der Waals surface area contributed by atoms with Crippen molar-refractivity contribution in [3.63, 3.8) is 0 Å². The van der Waals surface area contributed by atoms with Crippen molar-refractivity contribution in [3.05, 3.63) is 0 Å². The van der Waals surface area contributed by atoms with E-state index in [0.29, 0.717) is 19.1 Å². The number of unbranched alkanes of at least 4 members (excludes halogenated alkanes) is 1. The van der Waals surface area contributed by atoms with Crippen molar-refractivity contribution in [1.29, 1.82) is 0 Å². The lowest BCUT2D eigenvalue weighted by Gasteiger charge is -2.36. The molecule has 0 spiro atoms. The van der Waals surface area contributed by atoms with Gasteiger partial charge in [-0.2, -0.15) is 0 Å². The van der Waals surface area contributed by atoms with Gasteiger partial charge < -0.3 is 20.3 Å². The van der Waals surface area contributed by atoms with E-state index in [9.17, 15) is 4.79 Å². The molecule has 2 atom stereocenters. The molecule has 1 aliphatic rings. The highest BCUT2D eigenvalue weighted by Gasteiger charge is 2.29. The zero-order chi connectivity index (χ0) is 15.9. The van der Waals surface area contributed by atoms with E-state index >= 15 is 0 Å². The van der Waals surface area contributed by atoms with Crippen LogP contribution in [0.1, 0.15) is 46.0 Å². The van der Waals surface area contributed by atoms with Crippen LogP contribution in [0.3, 0.4) is 0 Å². The summed E-state index contributed by atoms with van der Waals surface area (Å²) >= 11 is 0. The maximum Gasteiger partial charge on any atom is 0.325 e. The summed E-state index contributed by atoms with van der Waals surface area (Å²) in [7, 11) is 4.32. The molecule has 1 saturated heterocycles. The fourth-order valence-electron chi connectivity index (χ4n) is 2.88. The van der Waals surface area contributed by atoms with E-state index in [-0.39, 0.29) is 5.97 Å². The maximum atomic E-state index is 11.7. The summed E-state index contributed by atoms with van der Waals surface area (Å²) in [5, 5.41) is 0. The van der Waals surface area contributed by atoms with Gasteiger partial charge in [0.25, 0.3) is 0 Å². The molecule has 1 rings (SSSR count). The van der Waals surface area contributed by atoms with E-state index in [1.807, 2.05) is 6.92 Å². The second-order valence-corrected chi connectivity index (χ2v) is 6.66. The number of carbonyl (C=O) groups is 1. The van der Waals surface area contributed by atoms with Gasteiger partial charge in [-0.25, -0.2) is 0 Å². The number of hydrogen-bond donors (Lipinski definition) is 1. The van der Waals surface area contributed by atoms with Crippen LogP contribution in [0, 0.1) is 0 Å². The first kappa shape index (κ1) is 18.4. The maximum absolute atomic E-state index is 11.7. The molecule has 1 aliphatic heterocycles. The first-order valence-corrected chi connectivity index (χ1v) is 8.21. The molecule has 2 unspecified atom stereocenters. The Balaban J connectivity index is 2.23. The molecule has 124 valence electrons. The second kappa shape index (κ2) is 8.71. The average Bonchev–Trinajstić information content (AvgIpc) is 2.44. The highest BCUT2D eigenvalue weighted by atomic mass is 16.5. The number of likely N-dealkylation sites (tertiary alicyclic amines) is 1. The number of hydrogen-bond acceptors (Lipinski definition) is 5. The fourth-order valence-corrected chi connectivity index (χ4v) is 2.88. The number of nitrogens with two attached hydrogens (primary N) is 1. The van der Waals surface area contributed by atoms with Crippen LogP contribution in [0.4, 0.5) is 0 Å². The predicted octanol–water partition coefficient (Wildman–Crippen LogP) is 1.46. The van der Waals surface area contributed by atoms with E-state index in [2.05, 4.69) is 23.9 Å². The molecule has 0 aromatic carbocycles. The molecular weight excluding hydrogens is 266 g/mol. The van der Waals surface area contributed by atoms with Crippen LogP contribution in [-0.4, -0.2) is 67.7 Å². The third-order valence-corrected chi connectivity index (χ3v) is 4.37. The molecular formula is C16H33N3O2. The Morgan fingerprint density at radius 3 is 2.76 bits per heavy atom. The van der Waals surface area contributed by atoms with Gasteiger partial charge in [0.05, 0.1) is 6.61 Å². The molecule has 0 bridgehead atoms. The van der Waals surface area contributed by atoms with Gasteiger partial charge in [0, 0.05) is 12.6 Å². The van der Waals surface area contributed by atoms with Crippen LogP contribution in [0.5, 0.6) is 0 Å². The summed E-state index contributed by atoms with van der Waals surface area (Å²) < 4.78 is 5.01. The van der Waals surface area contributed by atoms with Crippen molar-refractivity contribution in [2.75, 3.05) is 40.3 Å². The number of ether oxygens (including phenoxy) is 1. The lowest BCUT2D eigenvalue weighted by atomic mass is 9.96. The zero-order valence-corrected chi connectivity index (χ0v) is 14.2. The van der Waals surface area contributed by atoms with Crippen molar-refractivity contribution in [1.82, 2.24) is 9.80 Å². The first-order valence-electron chi connectivity index (χ1n) is 8.21. The minimum Gasteiger partial charge on any atom is -0.465 e. The topological polar surface area (TPSA) is 58.8 Å². The first-order chi connectivity index (χ1) is 9.86. The van der Waals surface area contributed by atoms with Crippen LogP contribution in [0.15, 0.2) is 0 Å². The Bertz CT molecular complexity index is 319. The molecule has 1 fully saturated rings. The van der Waals surface area contributed by atoms with Gasteiger partial charge in [-0.3, -0.25) is 4.79 Å². The van der Waals surface area contributed by atoms with E-state index in [0.717, 1.165) is 25.9 Å². The summed E-state index contributed by atoms with van der Waals surface area (Å²) in [6.45, 7) is 7.43. The highest BCUT2D eigenvalue weighted by molar-refractivity contribution is 5.79. The van der Waals surface area contributed by atoms with Crippen LogP contribution < -0.4 is 5.73 Å². The van der Waals surface area contributed by atoms with Gasteiger partial charge in [-0.05, 0) is 73.1 Å². The largest absolute Gasteiger partial charge is 0.465 e. The summed E-state index contributed by atoms with van der Waals surface area (Å²) in [5.74, 6) is -0.282. The number of carbonyl (C=O) groups excluding carboxylic acids is 1. The summed E-state index contributed by atoms with van der Waals surface area (Å²) in [6.07, 6.45) is 5.32. The quantitative estimate of drug-likeness (QED) is 0.543. The minimum absolute atomic E-state index is 0.282. The summed E-state index contributed by atoms with van der Waals surface area (Å²) in [5.41, 5.74) is 5.19. The number of nitrogens with zero attached hydrogens (tertiary/aromatic N) is 2. The summed E-state index contributed by atoms with van der Waals surface area (Å²) in [4.78, 5) is 16.6. The van der Waals surface area contributed by atoms with Crippen LogP contribution in [0.2, 0.25) is 0 Å². The molecule has 2 N–H and O–H groups in total. The van der Waals surface area contributed by atoms with Crippen molar-refractivity contribution in [3.8, 4) is 0 Å². The third kappa shape index (κ3) is 6.32. The van der Waals surface area contributed by atoms with E-state index < -0.39 is 5.54 Å². The molecule has 5 heteroatoms. The van der Waals surface area contributed by atoms with Crippen molar-refractivity contribution in [2.45, 2.75) is 57.5 Å². The Kier molecular flexibility index (Phi) is 7.63. The molecule has 0 aromatic heterocycles. The molecule has 0 aromatic rings. The van der Waals surface area contributed by atoms with Gasteiger partial charge in [0.15, 0.2) is 0 Å². The Morgan fingerprint density at radius 1 is 1.43 bits per heavy atom. The third-order valence-electron chi connectivity index (χ3n) is 4.37. The number of rotatable bonds is 8. The number of likely N-dealkylation sites (N-methyl/N-ethyl adjacent to an activating group) is 1. The molecule has 0 radical (unpaired) electrons. The van der Waals surface area contributed by atoms with Crippen LogP contribution >= 0.6 is 0 Å². The molecule has 21 heavy (non-hydrogen) atoms. The molecule has 5 nitrogen and oxygen atoms in total. The Labute approximate surface area is 129 Å². The van der Waals surface area contributed by atoms with Crippen molar-refractivity contribution in [2.24, 2.45) is 5.73 Å². The van der Waals surface area contributed by atoms with Crippen LogP contribution in [0.25, 0.3) is 0 Å². The Morgan fingerprint density at radius 2 is 2.14 bits per heavy atom. The SMILES string of the molecule is CCOC(=O)C(C)(N)CCCCN1CCCC(N(C)C)C1. The second-order valence-electron chi connectivity index (χ2n) is 6.66. The number of piperidine rings is 1. The standard InChI is InChI=1S/C16H33N3O2/c1-5-21-15(20)16(2,17)10-6-7-11-19-12-8-9-14(13-19)18(3)4/h14H,5-13,17H2,1-4H3. The lowest BCUT2D eigenvalue weighted by molar-refractivity contribution is -0.149. The number of esters is 1. The predicted molar refractivity (Wildman–Crippen MR) is 86.2 cm³/mol. The van der Waals surface area contributed by atoms with Crippen molar-refractivity contribution < 1.29 is 9.53 Å². The summed E-state index contributed by atoms with van der Waals surface area (Å²) in [6, 6.07) is 0.679. The van der Waals surface area contributed by atoms with Gasteiger partial charge in [-0.1, -0.05) is 0 Å². The van der Waals surface area contributed by atoms with E-state index in [4.69, 9.17) is 10.5 Å². The smallest absolute Gasteiger partial charge is 0.325 e. The minimum atomic E-state index is -0.843. The van der Waals surface area contributed by atoms with Crippen LogP contribution in [-0.2, 0) is 9.53 Å². The molecule has 0 amide bonds. The lowest BCUT2D eigenvalue weighted by Crippen LogP contribution is -2.46. The van der Waals surface area contributed by atoms with Crippen molar-refractivity contribution >= 4 is 5.97 Å². The fraction of sp³-hybridized carbons (Fsp3) is 0.938. The van der Waals surface area contributed by atoms with Gasteiger partial charge in [-0.15, -0.1) is 0 Å². The highest BCUT2D eigenvalue weighted by Crippen LogP contribution is 2.16. The Hall–Kier alpha value is -0.650. The van der Waals surface area contributed by atoms with Gasteiger partial charge in [0.1, 0.15) is 5.54 Å². The van der Waals surface area contributed by atoms with Gasteiger partial charge >= 0.3 is 5.97 Å². The zero-order valence-electron chi connectivity index (χ0n) is 14.2. The van der Waals surface area contributed by atoms with Gasteiger partial charge in [0.2, 0.25) is 0 Å². The van der Waals surface area contributed by atoms with E-state index in [1.165, 1.54) is 19.4 Å². The molecule has 0 aliphatic carbocycles.